The monoisotopic (exact) mass is 371 g/mol. The van der Waals surface area contributed by atoms with Crippen LogP contribution >= 0.6 is 0 Å². The van der Waals surface area contributed by atoms with Crippen molar-refractivity contribution in [3.05, 3.63) is 59.8 Å². The van der Waals surface area contributed by atoms with Crippen molar-refractivity contribution in [2.75, 3.05) is 4.90 Å². The Kier molecular flexibility index (Phi) is 3.59. The van der Waals surface area contributed by atoms with E-state index in [2.05, 4.69) is 20.2 Å². The number of aryl methyl sites for hydroxylation is 1. The van der Waals surface area contributed by atoms with E-state index in [1.807, 2.05) is 51.1 Å². The lowest BCUT2D eigenvalue weighted by Crippen LogP contribution is -2.33. The third-order valence-corrected chi connectivity index (χ3v) is 5.66. The van der Waals surface area contributed by atoms with Crippen LogP contribution in [0.3, 0.4) is 0 Å². The Morgan fingerprint density at radius 3 is 2.39 bits per heavy atom. The first-order chi connectivity index (χ1) is 13.4. The van der Waals surface area contributed by atoms with Gasteiger partial charge in [-0.25, -0.2) is 9.97 Å². The van der Waals surface area contributed by atoms with Crippen LogP contribution in [-0.4, -0.2) is 26.1 Å². The van der Waals surface area contributed by atoms with Crippen LogP contribution in [0.4, 0.5) is 11.5 Å². The fourth-order valence-corrected chi connectivity index (χ4v) is 3.75. The van der Waals surface area contributed by atoms with Gasteiger partial charge in [0.1, 0.15) is 5.82 Å². The van der Waals surface area contributed by atoms with Crippen molar-refractivity contribution in [1.82, 2.24) is 20.2 Å². The second-order valence-corrected chi connectivity index (χ2v) is 8.11. The van der Waals surface area contributed by atoms with Crippen LogP contribution in [0, 0.1) is 6.92 Å². The number of carbonyl (C=O) groups excluding carboxylic acids is 1. The van der Waals surface area contributed by atoms with E-state index in [1.54, 1.807) is 17.3 Å². The summed E-state index contributed by atoms with van der Waals surface area (Å²) in [6.45, 7) is 5.77. The molecule has 0 N–H and O–H groups in total. The minimum Gasteiger partial charge on any atom is -0.273 e. The average Bonchev–Trinajstić information content (AvgIpc) is 3.52. The Hall–Kier alpha value is -3.15. The summed E-state index contributed by atoms with van der Waals surface area (Å²) in [5.41, 5.74) is 4.12. The minimum absolute atomic E-state index is 0.00766. The molecule has 0 bridgehead atoms. The summed E-state index contributed by atoms with van der Waals surface area (Å²) in [6, 6.07) is 9.97. The van der Waals surface area contributed by atoms with Crippen molar-refractivity contribution >= 4 is 17.4 Å². The van der Waals surface area contributed by atoms with E-state index in [9.17, 15) is 4.79 Å². The first kappa shape index (κ1) is 17.0. The van der Waals surface area contributed by atoms with Gasteiger partial charge in [-0.05, 0) is 62.9 Å². The highest BCUT2D eigenvalue weighted by Gasteiger charge is 2.45. The van der Waals surface area contributed by atoms with Gasteiger partial charge in [0.25, 0.3) is 0 Å². The lowest BCUT2D eigenvalue weighted by atomic mass is 9.85. The first-order valence-electron chi connectivity index (χ1n) is 9.57. The summed E-state index contributed by atoms with van der Waals surface area (Å²) in [6.07, 6.45) is 5.96. The Labute approximate surface area is 163 Å². The number of amides is 1. The normalized spacial score (nSPS) is 17.7. The van der Waals surface area contributed by atoms with Crippen molar-refractivity contribution < 1.29 is 4.79 Å². The van der Waals surface area contributed by atoms with Gasteiger partial charge >= 0.3 is 0 Å². The van der Waals surface area contributed by atoms with Crippen LogP contribution in [0.5, 0.6) is 0 Å². The molecule has 1 fully saturated rings. The summed E-state index contributed by atoms with van der Waals surface area (Å²) in [4.78, 5) is 23.5. The van der Waals surface area contributed by atoms with E-state index < -0.39 is 5.41 Å². The number of hydrogen-bond acceptors (Lipinski definition) is 5. The molecule has 140 valence electrons. The fraction of sp³-hybridized carbons (Fsp3) is 0.318. The summed E-state index contributed by atoms with van der Waals surface area (Å²) in [5, 5.41) is 8.75. The maximum absolute atomic E-state index is 13.2. The molecular formula is C22H21N5O. The smallest absolute Gasteiger partial charge is 0.242 e. The van der Waals surface area contributed by atoms with E-state index >= 15 is 0 Å². The van der Waals surface area contributed by atoms with Gasteiger partial charge in [0.05, 0.1) is 16.8 Å². The van der Waals surface area contributed by atoms with Gasteiger partial charge in [-0.2, -0.15) is 5.10 Å². The number of rotatable bonds is 3. The number of carbonyl (C=O) groups is 1. The molecule has 2 aliphatic rings. The molecule has 6 heteroatoms. The van der Waals surface area contributed by atoms with Crippen molar-refractivity contribution in [3.63, 3.8) is 0 Å². The highest BCUT2D eigenvalue weighted by Crippen LogP contribution is 2.46. The van der Waals surface area contributed by atoms with Gasteiger partial charge in [-0.15, -0.1) is 5.10 Å². The Morgan fingerprint density at radius 1 is 1.00 bits per heavy atom. The first-order valence-corrected chi connectivity index (χ1v) is 9.57. The minimum atomic E-state index is -0.617. The molecule has 3 aromatic rings. The molecule has 1 aromatic carbocycles. The molecule has 1 aliphatic carbocycles. The number of fused-ring (bicyclic) bond motifs is 1. The van der Waals surface area contributed by atoms with Crippen LogP contribution in [0.25, 0.3) is 11.1 Å². The molecule has 2 aromatic heterocycles. The van der Waals surface area contributed by atoms with Crippen molar-refractivity contribution in [2.45, 2.75) is 44.9 Å². The van der Waals surface area contributed by atoms with Crippen LogP contribution < -0.4 is 4.90 Å². The number of anilines is 2. The molecule has 3 heterocycles. The van der Waals surface area contributed by atoms with Gasteiger partial charge in [0.2, 0.25) is 5.91 Å². The summed E-state index contributed by atoms with van der Waals surface area (Å²) >= 11 is 0. The van der Waals surface area contributed by atoms with E-state index in [0.29, 0.717) is 11.7 Å². The van der Waals surface area contributed by atoms with E-state index in [0.717, 1.165) is 33.9 Å². The standard InChI is InChI=1S/C22H21N5O/c1-13-23-11-16(12-24-13)15-6-7-17-19(10-15)27(21(28)22(17,2)3)20-9-8-18(25-26-20)14-4-5-14/h6-12,14H,4-5H2,1-3H3. The molecule has 5 rings (SSSR count). The second-order valence-electron chi connectivity index (χ2n) is 8.11. The molecule has 1 amide bonds. The fourth-order valence-electron chi connectivity index (χ4n) is 3.75. The number of nitrogens with zero attached hydrogens (tertiary/aromatic N) is 5. The number of aromatic nitrogens is 4. The van der Waals surface area contributed by atoms with Crippen LogP contribution in [0.15, 0.2) is 42.7 Å². The molecular weight excluding hydrogens is 350 g/mol. The predicted octanol–water partition coefficient (Wildman–Crippen LogP) is 4.08. The lowest BCUT2D eigenvalue weighted by molar-refractivity contribution is -0.121. The zero-order valence-electron chi connectivity index (χ0n) is 16.2. The number of benzene rings is 1. The largest absolute Gasteiger partial charge is 0.273 e. The molecule has 1 saturated carbocycles. The molecule has 0 saturated heterocycles. The van der Waals surface area contributed by atoms with Gasteiger partial charge < -0.3 is 0 Å². The molecule has 0 atom stereocenters. The highest BCUT2D eigenvalue weighted by atomic mass is 16.2. The molecule has 1 aliphatic heterocycles. The van der Waals surface area contributed by atoms with Gasteiger partial charge in [-0.1, -0.05) is 12.1 Å². The topological polar surface area (TPSA) is 71.9 Å². The van der Waals surface area contributed by atoms with E-state index in [-0.39, 0.29) is 5.91 Å². The molecule has 0 unspecified atom stereocenters. The summed E-state index contributed by atoms with van der Waals surface area (Å²) < 4.78 is 0. The third-order valence-electron chi connectivity index (χ3n) is 5.66. The van der Waals surface area contributed by atoms with Crippen LogP contribution in [0.1, 0.15) is 49.7 Å². The number of hydrogen-bond donors (Lipinski definition) is 0. The molecule has 28 heavy (non-hydrogen) atoms. The highest BCUT2D eigenvalue weighted by molar-refractivity contribution is 6.12. The molecule has 0 radical (unpaired) electrons. The van der Waals surface area contributed by atoms with Crippen LogP contribution in [0.2, 0.25) is 0 Å². The van der Waals surface area contributed by atoms with Crippen molar-refractivity contribution in [2.24, 2.45) is 0 Å². The second kappa shape index (κ2) is 5.92. The van der Waals surface area contributed by atoms with Gasteiger partial charge in [-0.3, -0.25) is 9.69 Å². The summed E-state index contributed by atoms with van der Waals surface area (Å²) in [7, 11) is 0. The Balaban J connectivity index is 1.60. The van der Waals surface area contributed by atoms with Crippen molar-refractivity contribution in [3.8, 4) is 11.1 Å². The maximum Gasteiger partial charge on any atom is 0.242 e. The zero-order chi connectivity index (χ0) is 19.5. The van der Waals surface area contributed by atoms with Crippen molar-refractivity contribution in [1.29, 1.82) is 0 Å². The quantitative estimate of drug-likeness (QED) is 0.694. The van der Waals surface area contributed by atoms with E-state index in [4.69, 9.17) is 0 Å². The van der Waals surface area contributed by atoms with E-state index in [1.165, 1.54) is 12.8 Å². The zero-order valence-corrected chi connectivity index (χ0v) is 16.2. The Morgan fingerprint density at radius 2 is 1.75 bits per heavy atom. The van der Waals surface area contributed by atoms with Gasteiger partial charge in [0.15, 0.2) is 5.82 Å². The molecule has 6 nitrogen and oxygen atoms in total. The lowest BCUT2D eigenvalue weighted by Gasteiger charge is -2.19. The van der Waals surface area contributed by atoms with Gasteiger partial charge in [0, 0.05) is 23.9 Å². The summed E-state index contributed by atoms with van der Waals surface area (Å²) in [5.74, 6) is 1.84. The predicted molar refractivity (Wildman–Crippen MR) is 106 cm³/mol. The average molecular weight is 371 g/mol. The molecule has 0 spiro atoms. The SMILES string of the molecule is Cc1ncc(-c2ccc3c(c2)N(c2ccc(C4CC4)nn2)C(=O)C3(C)C)cn1. The third kappa shape index (κ3) is 2.59. The maximum atomic E-state index is 13.2. The van der Waals surface area contributed by atoms with Crippen LogP contribution in [-0.2, 0) is 10.2 Å². The Bertz CT molecular complexity index is 1070.